The van der Waals surface area contributed by atoms with Crippen LogP contribution in [0.1, 0.15) is 5.69 Å². The highest BCUT2D eigenvalue weighted by Crippen LogP contribution is 2.29. The van der Waals surface area contributed by atoms with Gasteiger partial charge in [0.2, 0.25) is 0 Å². The standard InChI is InChI=1S/C15H10F3N5/c1-22-12-4-10(6-19-11(12)7-20-22)9-2-3-23-8-13(15(16,17)18)21-14(23)5-9/h2-8H,1H3. The van der Waals surface area contributed by atoms with Crippen LogP contribution in [0.3, 0.4) is 0 Å². The zero-order valence-electron chi connectivity index (χ0n) is 11.9. The molecule has 0 aliphatic rings. The average Bonchev–Trinajstić information content (AvgIpc) is 3.10. The maximum Gasteiger partial charge on any atom is 0.434 e. The van der Waals surface area contributed by atoms with E-state index in [1.165, 1.54) is 4.40 Å². The number of pyridine rings is 2. The van der Waals surface area contributed by atoms with Crippen LogP contribution in [0.5, 0.6) is 0 Å². The third-order valence-corrected chi connectivity index (χ3v) is 3.68. The molecule has 0 unspecified atom stereocenters. The van der Waals surface area contributed by atoms with Crippen LogP contribution in [0, 0.1) is 0 Å². The largest absolute Gasteiger partial charge is 0.434 e. The Labute approximate surface area is 128 Å². The lowest BCUT2D eigenvalue weighted by atomic mass is 10.1. The van der Waals surface area contributed by atoms with Gasteiger partial charge in [0.15, 0.2) is 5.69 Å². The Morgan fingerprint density at radius 1 is 1.09 bits per heavy atom. The summed E-state index contributed by atoms with van der Waals surface area (Å²) in [6.07, 6.45) is 1.40. The van der Waals surface area contributed by atoms with Gasteiger partial charge in [0.05, 0.1) is 11.7 Å². The minimum absolute atomic E-state index is 0.236. The van der Waals surface area contributed by atoms with Crippen molar-refractivity contribution in [3.8, 4) is 11.1 Å². The minimum Gasteiger partial charge on any atom is -0.306 e. The molecule has 0 aliphatic heterocycles. The second-order valence-corrected chi connectivity index (χ2v) is 5.20. The van der Waals surface area contributed by atoms with Crippen LogP contribution in [0.4, 0.5) is 13.2 Å². The van der Waals surface area contributed by atoms with Gasteiger partial charge in [-0.3, -0.25) is 9.67 Å². The average molecular weight is 317 g/mol. The van der Waals surface area contributed by atoms with Crippen molar-refractivity contribution in [3.63, 3.8) is 0 Å². The highest BCUT2D eigenvalue weighted by atomic mass is 19.4. The van der Waals surface area contributed by atoms with Crippen LogP contribution in [-0.4, -0.2) is 24.1 Å². The van der Waals surface area contributed by atoms with E-state index in [0.29, 0.717) is 0 Å². The number of fused-ring (bicyclic) bond motifs is 2. The van der Waals surface area contributed by atoms with Crippen LogP contribution >= 0.6 is 0 Å². The SMILES string of the molecule is Cn1ncc2ncc(-c3ccn4cc(C(F)(F)F)nc4c3)cc21. The van der Waals surface area contributed by atoms with Crippen molar-refractivity contribution in [2.45, 2.75) is 6.18 Å². The monoisotopic (exact) mass is 317 g/mol. The molecular formula is C15H10F3N5. The van der Waals surface area contributed by atoms with Gasteiger partial charge in [-0.05, 0) is 23.8 Å². The van der Waals surface area contributed by atoms with E-state index in [0.717, 1.165) is 28.4 Å². The summed E-state index contributed by atoms with van der Waals surface area (Å²) in [6, 6.07) is 5.23. The number of nitrogens with zero attached hydrogens (tertiary/aromatic N) is 5. The van der Waals surface area contributed by atoms with E-state index in [1.807, 2.05) is 6.07 Å². The fraction of sp³-hybridized carbons (Fsp3) is 0.133. The van der Waals surface area contributed by atoms with E-state index in [1.54, 1.807) is 42.5 Å². The Kier molecular flexibility index (Phi) is 2.72. The molecule has 0 N–H and O–H groups in total. The maximum atomic E-state index is 12.7. The molecule has 8 heteroatoms. The molecule has 0 bridgehead atoms. The molecule has 4 aromatic rings. The van der Waals surface area contributed by atoms with Crippen molar-refractivity contribution in [1.29, 1.82) is 0 Å². The number of hydrogen-bond donors (Lipinski definition) is 0. The van der Waals surface area contributed by atoms with Crippen LogP contribution in [-0.2, 0) is 13.2 Å². The van der Waals surface area contributed by atoms with E-state index in [9.17, 15) is 13.2 Å². The van der Waals surface area contributed by atoms with Crippen LogP contribution in [0.15, 0.2) is 43.0 Å². The number of alkyl halides is 3. The van der Waals surface area contributed by atoms with Crippen LogP contribution in [0.25, 0.3) is 27.8 Å². The summed E-state index contributed by atoms with van der Waals surface area (Å²) in [4.78, 5) is 7.95. The third kappa shape index (κ3) is 2.23. The van der Waals surface area contributed by atoms with Gasteiger partial charge >= 0.3 is 6.18 Å². The molecule has 23 heavy (non-hydrogen) atoms. The zero-order valence-corrected chi connectivity index (χ0v) is 11.9. The summed E-state index contributed by atoms with van der Waals surface area (Å²) in [7, 11) is 1.81. The van der Waals surface area contributed by atoms with Gasteiger partial charge in [-0.15, -0.1) is 0 Å². The number of imidazole rings is 1. The van der Waals surface area contributed by atoms with Gasteiger partial charge in [0.1, 0.15) is 11.2 Å². The molecule has 0 saturated carbocycles. The molecule has 0 spiro atoms. The quantitative estimate of drug-likeness (QED) is 0.541. The lowest BCUT2D eigenvalue weighted by Crippen LogP contribution is -2.04. The summed E-state index contributed by atoms with van der Waals surface area (Å²) < 4.78 is 41.3. The molecule has 0 atom stereocenters. The van der Waals surface area contributed by atoms with Gasteiger partial charge < -0.3 is 4.40 Å². The van der Waals surface area contributed by atoms with Gasteiger partial charge in [-0.2, -0.15) is 18.3 Å². The van der Waals surface area contributed by atoms with Crippen molar-refractivity contribution in [3.05, 3.63) is 48.7 Å². The summed E-state index contributed by atoms with van der Waals surface area (Å²) in [5.41, 5.74) is 2.47. The van der Waals surface area contributed by atoms with Crippen molar-refractivity contribution in [2.75, 3.05) is 0 Å². The molecule has 0 radical (unpaired) electrons. The van der Waals surface area contributed by atoms with Crippen molar-refractivity contribution >= 4 is 16.7 Å². The van der Waals surface area contributed by atoms with E-state index >= 15 is 0 Å². The normalized spacial score (nSPS) is 12.3. The first kappa shape index (κ1) is 13.7. The maximum absolute atomic E-state index is 12.7. The first-order valence-electron chi connectivity index (χ1n) is 6.76. The highest BCUT2D eigenvalue weighted by Gasteiger charge is 2.33. The van der Waals surface area contributed by atoms with E-state index in [-0.39, 0.29) is 5.65 Å². The fourth-order valence-electron chi connectivity index (χ4n) is 2.48. The Morgan fingerprint density at radius 3 is 2.70 bits per heavy atom. The predicted octanol–water partition coefficient (Wildman–Crippen LogP) is 3.30. The van der Waals surface area contributed by atoms with Crippen molar-refractivity contribution < 1.29 is 13.2 Å². The minimum atomic E-state index is -4.46. The topological polar surface area (TPSA) is 48.0 Å². The second-order valence-electron chi connectivity index (χ2n) is 5.20. The Bertz CT molecular complexity index is 1030. The number of aromatic nitrogens is 5. The Morgan fingerprint density at radius 2 is 1.91 bits per heavy atom. The Hall–Kier alpha value is -2.90. The van der Waals surface area contributed by atoms with Gasteiger partial charge in [0.25, 0.3) is 0 Å². The second kappa shape index (κ2) is 4.55. The molecule has 4 aromatic heterocycles. The number of rotatable bonds is 1. The molecule has 0 amide bonds. The highest BCUT2D eigenvalue weighted by molar-refractivity contribution is 5.80. The zero-order chi connectivity index (χ0) is 16.2. The van der Waals surface area contributed by atoms with Crippen molar-refractivity contribution in [1.82, 2.24) is 24.1 Å². The van der Waals surface area contributed by atoms with Gasteiger partial charge in [-0.25, -0.2) is 4.98 Å². The lowest BCUT2D eigenvalue weighted by Gasteiger charge is -2.03. The molecule has 4 heterocycles. The molecule has 116 valence electrons. The molecular weight excluding hydrogens is 307 g/mol. The predicted molar refractivity (Wildman–Crippen MR) is 77.7 cm³/mol. The molecule has 4 rings (SSSR count). The summed E-state index contributed by atoms with van der Waals surface area (Å²) in [6.45, 7) is 0. The van der Waals surface area contributed by atoms with Crippen molar-refractivity contribution in [2.24, 2.45) is 7.05 Å². The number of aryl methyl sites for hydroxylation is 1. The van der Waals surface area contributed by atoms with Crippen LogP contribution < -0.4 is 0 Å². The molecule has 0 fully saturated rings. The van der Waals surface area contributed by atoms with Gasteiger partial charge in [0, 0.05) is 31.2 Å². The lowest BCUT2D eigenvalue weighted by molar-refractivity contribution is -0.140. The van der Waals surface area contributed by atoms with E-state index in [2.05, 4.69) is 15.1 Å². The Balaban J connectivity index is 1.85. The van der Waals surface area contributed by atoms with Crippen LogP contribution in [0.2, 0.25) is 0 Å². The summed E-state index contributed by atoms with van der Waals surface area (Å²) in [5, 5.41) is 4.12. The molecule has 0 saturated heterocycles. The summed E-state index contributed by atoms with van der Waals surface area (Å²) in [5.74, 6) is 0. The third-order valence-electron chi connectivity index (χ3n) is 3.68. The first-order valence-corrected chi connectivity index (χ1v) is 6.76. The van der Waals surface area contributed by atoms with Gasteiger partial charge in [-0.1, -0.05) is 0 Å². The molecule has 0 aromatic carbocycles. The summed E-state index contributed by atoms with van der Waals surface area (Å²) >= 11 is 0. The smallest absolute Gasteiger partial charge is 0.306 e. The van der Waals surface area contributed by atoms with E-state index < -0.39 is 11.9 Å². The first-order chi connectivity index (χ1) is 10.9. The number of halogens is 3. The number of hydrogen-bond acceptors (Lipinski definition) is 3. The molecule has 5 nitrogen and oxygen atoms in total. The fourth-order valence-corrected chi connectivity index (χ4v) is 2.48. The van der Waals surface area contributed by atoms with E-state index in [4.69, 9.17) is 0 Å². The molecule has 0 aliphatic carbocycles.